The SMILES string of the molecule is N#Cc1c(/N=c2\oc3ccc(Br)cc3cc2C(=O)Nc2ccc(F)cc2)sc2c1CCCC2. The summed E-state index contributed by atoms with van der Waals surface area (Å²) in [6, 6.07) is 15.0. The Kier molecular flexibility index (Phi) is 5.83. The molecule has 33 heavy (non-hydrogen) atoms. The fraction of sp³-hybridized carbons (Fsp3) is 0.160. The van der Waals surface area contributed by atoms with Gasteiger partial charge in [0, 0.05) is 20.4 Å². The minimum absolute atomic E-state index is 0.125. The van der Waals surface area contributed by atoms with Crippen molar-refractivity contribution in [1.82, 2.24) is 0 Å². The lowest BCUT2D eigenvalue weighted by Gasteiger charge is -2.09. The number of amides is 1. The number of nitriles is 1. The number of carbonyl (C=O) groups is 1. The molecule has 0 saturated heterocycles. The second-order valence-corrected chi connectivity index (χ2v) is 9.72. The molecular weight excluding hydrogens is 505 g/mol. The van der Waals surface area contributed by atoms with Gasteiger partial charge in [0.2, 0.25) is 5.55 Å². The van der Waals surface area contributed by atoms with E-state index < -0.39 is 5.91 Å². The molecule has 0 radical (unpaired) electrons. The van der Waals surface area contributed by atoms with Crippen LogP contribution < -0.4 is 10.9 Å². The van der Waals surface area contributed by atoms with Gasteiger partial charge in [0.05, 0.1) is 5.56 Å². The van der Waals surface area contributed by atoms with Crippen molar-refractivity contribution in [2.24, 2.45) is 4.99 Å². The molecule has 1 N–H and O–H groups in total. The number of carbonyl (C=O) groups excluding carboxylic acids is 1. The molecule has 2 heterocycles. The molecule has 4 aromatic rings. The Labute approximate surface area is 201 Å². The fourth-order valence-electron chi connectivity index (χ4n) is 3.92. The van der Waals surface area contributed by atoms with Crippen molar-refractivity contribution in [1.29, 1.82) is 5.26 Å². The first-order chi connectivity index (χ1) is 16.0. The highest BCUT2D eigenvalue weighted by atomic mass is 79.9. The third-order valence-electron chi connectivity index (χ3n) is 5.52. The van der Waals surface area contributed by atoms with E-state index in [-0.39, 0.29) is 16.9 Å². The predicted octanol–water partition coefficient (Wildman–Crippen LogP) is 6.63. The number of hydrogen-bond acceptors (Lipinski definition) is 5. The van der Waals surface area contributed by atoms with Gasteiger partial charge in [0.1, 0.15) is 28.0 Å². The van der Waals surface area contributed by atoms with E-state index in [4.69, 9.17) is 4.42 Å². The minimum Gasteiger partial charge on any atom is -0.437 e. The molecule has 0 fully saturated rings. The topological polar surface area (TPSA) is 78.4 Å². The molecule has 0 aliphatic heterocycles. The second-order valence-electron chi connectivity index (χ2n) is 7.72. The zero-order valence-corrected chi connectivity index (χ0v) is 19.7. The van der Waals surface area contributed by atoms with Crippen LogP contribution in [0.2, 0.25) is 0 Å². The summed E-state index contributed by atoms with van der Waals surface area (Å²) in [7, 11) is 0. The van der Waals surface area contributed by atoms with E-state index in [1.165, 1.54) is 40.5 Å². The summed E-state index contributed by atoms with van der Waals surface area (Å²) in [6.07, 6.45) is 3.95. The van der Waals surface area contributed by atoms with E-state index in [1.807, 2.05) is 12.1 Å². The zero-order valence-electron chi connectivity index (χ0n) is 17.3. The highest BCUT2D eigenvalue weighted by molar-refractivity contribution is 9.10. The summed E-state index contributed by atoms with van der Waals surface area (Å²) in [6.45, 7) is 0. The van der Waals surface area contributed by atoms with Crippen LogP contribution in [0.1, 0.15) is 39.2 Å². The standard InChI is InChI=1S/C25H17BrFN3O2S/c26-15-5-10-21-14(11-15)12-19(23(31)29-17-8-6-16(27)7-9-17)24(32-21)30-25-20(13-28)18-3-1-2-4-22(18)33-25/h5-12H,1-4H2,(H,29,31)/b30-24-. The Morgan fingerprint density at radius 2 is 1.94 bits per heavy atom. The average Bonchev–Trinajstić information content (AvgIpc) is 3.17. The van der Waals surface area contributed by atoms with Crippen molar-refractivity contribution in [3.8, 4) is 6.07 Å². The first-order valence-electron chi connectivity index (χ1n) is 10.4. The number of anilines is 1. The van der Waals surface area contributed by atoms with Crippen molar-refractivity contribution in [2.75, 3.05) is 5.32 Å². The molecular formula is C25H17BrFN3O2S. The molecule has 1 amide bonds. The third-order valence-corrected chi connectivity index (χ3v) is 7.20. The summed E-state index contributed by atoms with van der Waals surface area (Å²) in [5.74, 6) is -0.828. The second kappa shape index (κ2) is 8.93. The van der Waals surface area contributed by atoms with E-state index in [1.54, 1.807) is 12.1 Å². The number of hydrogen-bond donors (Lipinski definition) is 1. The van der Waals surface area contributed by atoms with Gasteiger partial charge in [-0.15, -0.1) is 11.3 Å². The molecule has 0 unspecified atom stereocenters. The summed E-state index contributed by atoms with van der Waals surface area (Å²) in [5.41, 5.74) is 2.99. The summed E-state index contributed by atoms with van der Waals surface area (Å²) >= 11 is 4.93. The molecule has 5 rings (SSSR count). The molecule has 164 valence electrons. The van der Waals surface area contributed by atoms with Crippen LogP contribution in [0.5, 0.6) is 0 Å². The van der Waals surface area contributed by atoms with Crippen LogP contribution in [0, 0.1) is 17.1 Å². The highest BCUT2D eigenvalue weighted by Gasteiger charge is 2.21. The van der Waals surface area contributed by atoms with Crippen LogP contribution in [-0.2, 0) is 12.8 Å². The van der Waals surface area contributed by atoms with Gasteiger partial charge in [0.15, 0.2) is 0 Å². The number of halogens is 2. The van der Waals surface area contributed by atoms with E-state index in [2.05, 4.69) is 32.3 Å². The third kappa shape index (κ3) is 4.34. The molecule has 1 aliphatic rings. The van der Waals surface area contributed by atoms with E-state index in [0.29, 0.717) is 21.8 Å². The number of benzene rings is 2. The Hall–Kier alpha value is -3.28. The van der Waals surface area contributed by atoms with Crippen LogP contribution in [0.25, 0.3) is 11.0 Å². The van der Waals surface area contributed by atoms with E-state index in [9.17, 15) is 14.4 Å². The van der Waals surface area contributed by atoms with Crippen molar-refractivity contribution >= 4 is 54.8 Å². The monoisotopic (exact) mass is 521 g/mol. The van der Waals surface area contributed by atoms with Crippen LogP contribution in [-0.4, -0.2) is 5.91 Å². The minimum atomic E-state index is -0.439. The first kappa shape index (κ1) is 21.6. The van der Waals surface area contributed by atoms with Crippen LogP contribution >= 0.6 is 27.3 Å². The number of thiophene rings is 1. The Morgan fingerprint density at radius 1 is 1.15 bits per heavy atom. The van der Waals surface area contributed by atoms with Gasteiger partial charge < -0.3 is 9.73 Å². The van der Waals surface area contributed by atoms with Crippen molar-refractivity contribution in [3.05, 3.63) is 85.9 Å². The maximum atomic E-state index is 13.3. The maximum Gasteiger partial charge on any atom is 0.261 e. The number of aryl methyl sites for hydroxylation is 1. The van der Waals surface area contributed by atoms with Crippen LogP contribution in [0.3, 0.4) is 0 Å². The molecule has 2 aromatic carbocycles. The normalized spacial score (nSPS) is 13.5. The van der Waals surface area contributed by atoms with Crippen molar-refractivity contribution in [2.45, 2.75) is 25.7 Å². The lowest BCUT2D eigenvalue weighted by molar-refractivity contribution is 0.102. The lowest BCUT2D eigenvalue weighted by Crippen LogP contribution is -2.21. The number of fused-ring (bicyclic) bond motifs is 2. The predicted molar refractivity (Wildman–Crippen MR) is 129 cm³/mol. The number of nitrogens with one attached hydrogen (secondary N) is 1. The molecule has 0 bridgehead atoms. The zero-order chi connectivity index (χ0) is 22.9. The molecule has 0 spiro atoms. The van der Waals surface area contributed by atoms with E-state index >= 15 is 0 Å². The largest absolute Gasteiger partial charge is 0.437 e. The lowest BCUT2D eigenvalue weighted by atomic mass is 9.96. The first-order valence-corrected chi connectivity index (χ1v) is 12.0. The molecule has 5 nitrogen and oxygen atoms in total. The summed E-state index contributed by atoms with van der Waals surface area (Å²) in [5, 5.41) is 13.8. The van der Waals surface area contributed by atoms with Gasteiger partial charge in [-0.3, -0.25) is 4.79 Å². The quantitative estimate of drug-likeness (QED) is 0.328. The van der Waals surface area contributed by atoms with Gasteiger partial charge in [-0.2, -0.15) is 5.26 Å². The highest BCUT2D eigenvalue weighted by Crippen LogP contribution is 2.39. The van der Waals surface area contributed by atoms with Crippen LogP contribution in [0.15, 0.2) is 62.4 Å². The van der Waals surface area contributed by atoms with Gasteiger partial charge in [-0.25, -0.2) is 9.38 Å². The Bertz CT molecular complexity index is 1500. The van der Waals surface area contributed by atoms with Gasteiger partial charge in [-0.1, -0.05) is 15.9 Å². The summed E-state index contributed by atoms with van der Waals surface area (Å²) < 4.78 is 20.2. The van der Waals surface area contributed by atoms with Crippen LogP contribution in [0.4, 0.5) is 15.1 Å². The molecule has 2 aromatic heterocycles. The smallest absolute Gasteiger partial charge is 0.261 e. The fourth-order valence-corrected chi connectivity index (χ4v) is 5.50. The van der Waals surface area contributed by atoms with Crippen molar-refractivity contribution < 1.29 is 13.6 Å². The van der Waals surface area contributed by atoms with Crippen molar-refractivity contribution in [3.63, 3.8) is 0 Å². The van der Waals surface area contributed by atoms with Gasteiger partial charge in [-0.05, 0) is 79.8 Å². The average molecular weight is 522 g/mol. The molecule has 0 saturated carbocycles. The molecule has 1 aliphatic carbocycles. The number of nitrogens with zero attached hydrogens (tertiary/aromatic N) is 2. The maximum absolute atomic E-state index is 13.3. The summed E-state index contributed by atoms with van der Waals surface area (Å²) in [4.78, 5) is 19.0. The van der Waals surface area contributed by atoms with Gasteiger partial charge in [0.25, 0.3) is 5.91 Å². The Balaban J connectivity index is 1.67. The Morgan fingerprint density at radius 3 is 2.73 bits per heavy atom. The number of rotatable bonds is 3. The molecule has 8 heteroatoms. The van der Waals surface area contributed by atoms with E-state index in [0.717, 1.165) is 41.1 Å². The molecule has 0 atom stereocenters. The van der Waals surface area contributed by atoms with Gasteiger partial charge >= 0.3 is 0 Å².